The number of carboxylic acid groups (broad SMARTS) is 1. The maximum Gasteiger partial charge on any atom is 0.335 e. The minimum atomic E-state index is -1.03. The van der Waals surface area contributed by atoms with Crippen molar-refractivity contribution in [2.24, 2.45) is 0 Å². The fraction of sp³-hybridized carbons (Fsp3) is 0.333. The van der Waals surface area contributed by atoms with Gasteiger partial charge in [-0.1, -0.05) is 38.1 Å². The lowest BCUT2D eigenvalue weighted by Gasteiger charge is -2.28. The van der Waals surface area contributed by atoms with Crippen molar-refractivity contribution in [3.05, 3.63) is 59.2 Å². The van der Waals surface area contributed by atoms with Crippen LogP contribution in [0.2, 0.25) is 0 Å². The number of nitrogens with one attached hydrogen (secondary N) is 1. The van der Waals surface area contributed by atoms with Gasteiger partial charge >= 0.3 is 5.97 Å². The first-order chi connectivity index (χ1) is 12.9. The van der Waals surface area contributed by atoms with E-state index in [-0.39, 0.29) is 23.3 Å². The van der Waals surface area contributed by atoms with Crippen LogP contribution in [0.15, 0.2) is 42.5 Å². The van der Waals surface area contributed by atoms with E-state index in [1.165, 1.54) is 6.07 Å². The van der Waals surface area contributed by atoms with Crippen molar-refractivity contribution in [1.82, 2.24) is 5.32 Å². The molecular weight excluding hydrogens is 346 g/mol. The van der Waals surface area contributed by atoms with Crippen molar-refractivity contribution in [2.45, 2.75) is 25.7 Å². The third kappa shape index (κ3) is 4.39. The zero-order chi connectivity index (χ0) is 19.4. The second kappa shape index (κ2) is 7.70. The van der Waals surface area contributed by atoms with Crippen LogP contribution < -0.4 is 14.8 Å². The number of carboxylic acids is 1. The molecule has 6 nitrogen and oxygen atoms in total. The Morgan fingerprint density at radius 1 is 1.07 bits per heavy atom. The predicted octanol–water partition coefficient (Wildman–Crippen LogP) is 2.79. The zero-order valence-electron chi connectivity index (χ0n) is 15.5. The van der Waals surface area contributed by atoms with E-state index in [2.05, 4.69) is 5.32 Å². The summed E-state index contributed by atoms with van der Waals surface area (Å²) in [5.74, 6) is 0.202. The monoisotopic (exact) mass is 369 g/mol. The number of fused-ring (bicyclic) bond motifs is 1. The summed E-state index contributed by atoms with van der Waals surface area (Å²) >= 11 is 0. The molecule has 0 radical (unpaired) electrons. The lowest BCUT2D eigenvalue weighted by Crippen LogP contribution is -2.37. The van der Waals surface area contributed by atoms with E-state index in [1.807, 2.05) is 32.0 Å². The van der Waals surface area contributed by atoms with Gasteiger partial charge in [-0.05, 0) is 29.3 Å². The van der Waals surface area contributed by atoms with E-state index in [0.717, 1.165) is 11.3 Å². The molecule has 0 atom stereocenters. The number of carbonyl (C=O) groups is 2. The molecule has 142 valence electrons. The highest BCUT2D eigenvalue weighted by Gasteiger charge is 2.24. The minimum absolute atomic E-state index is 0.0275. The lowest BCUT2D eigenvalue weighted by atomic mass is 9.84. The Kier molecular flexibility index (Phi) is 5.35. The van der Waals surface area contributed by atoms with Gasteiger partial charge in [0.2, 0.25) is 5.91 Å². The number of carbonyl (C=O) groups excluding carboxylic acids is 1. The van der Waals surface area contributed by atoms with Gasteiger partial charge in [-0.15, -0.1) is 0 Å². The Hall–Kier alpha value is -3.02. The second-order valence-corrected chi connectivity index (χ2v) is 7.16. The fourth-order valence-electron chi connectivity index (χ4n) is 3.00. The summed E-state index contributed by atoms with van der Waals surface area (Å²) in [6.07, 6.45) is 0.0275. The molecule has 0 saturated carbocycles. The van der Waals surface area contributed by atoms with Crippen molar-refractivity contribution in [1.29, 1.82) is 0 Å². The minimum Gasteiger partial charge on any atom is -0.486 e. The molecule has 0 spiro atoms. The van der Waals surface area contributed by atoms with Gasteiger partial charge in [-0.3, -0.25) is 4.79 Å². The predicted molar refractivity (Wildman–Crippen MR) is 101 cm³/mol. The Balaban J connectivity index is 1.65. The van der Waals surface area contributed by atoms with Crippen LogP contribution in [0.4, 0.5) is 0 Å². The van der Waals surface area contributed by atoms with Crippen molar-refractivity contribution in [2.75, 3.05) is 19.8 Å². The molecular formula is C21H23NO5. The molecule has 27 heavy (non-hydrogen) atoms. The first-order valence-electron chi connectivity index (χ1n) is 8.85. The number of benzene rings is 2. The lowest BCUT2D eigenvalue weighted by molar-refractivity contribution is -0.120. The van der Waals surface area contributed by atoms with E-state index < -0.39 is 5.97 Å². The molecule has 0 aromatic heterocycles. The van der Waals surface area contributed by atoms with Crippen LogP contribution >= 0.6 is 0 Å². The number of hydrogen-bond acceptors (Lipinski definition) is 4. The maximum atomic E-state index is 12.3. The summed E-state index contributed by atoms with van der Waals surface area (Å²) in [6.45, 7) is 5.55. The van der Waals surface area contributed by atoms with E-state index in [9.17, 15) is 14.7 Å². The van der Waals surface area contributed by atoms with Crippen molar-refractivity contribution in [3.63, 3.8) is 0 Å². The molecule has 1 amide bonds. The highest BCUT2D eigenvalue weighted by Crippen LogP contribution is 2.34. The normalized spacial score (nSPS) is 13.1. The van der Waals surface area contributed by atoms with Crippen LogP contribution in [0.3, 0.4) is 0 Å². The molecule has 1 aliphatic rings. The summed E-state index contributed by atoms with van der Waals surface area (Å²) in [5.41, 5.74) is 1.36. The Labute approximate surface area is 158 Å². The Morgan fingerprint density at radius 2 is 1.78 bits per heavy atom. The molecule has 2 N–H and O–H groups in total. The fourth-order valence-corrected chi connectivity index (χ4v) is 3.00. The molecule has 2 aromatic carbocycles. The van der Waals surface area contributed by atoms with Gasteiger partial charge in [0.25, 0.3) is 0 Å². The quantitative estimate of drug-likeness (QED) is 0.818. The van der Waals surface area contributed by atoms with E-state index >= 15 is 0 Å². The van der Waals surface area contributed by atoms with Crippen molar-refractivity contribution >= 4 is 11.9 Å². The van der Waals surface area contributed by atoms with Gasteiger partial charge in [0.15, 0.2) is 11.5 Å². The van der Waals surface area contributed by atoms with Crippen LogP contribution in [0, 0.1) is 0 Å². The molecule has 1 heterocycles. The van der Waals surface area contributed by atoms with Crippen molar-refractivity contribution in [3.8, 4) is 11.5 Å². The molecule has 0 unspecified atom stereocenters. The summed E-state index contributed by atoms with van der Waals surface area (Å²) in [5, 5.41) is 12.1. The first-order valence-corrected chi connectivity index (χ1v) is 8.85. The van der Waals surface area contributed by atoms with Gasteiger partial charge in [0.05, 0.1) is 12.0 Å². The highest BCUT2D eigenvalue weighted by atomic mass is 16.6. The topological polar surface area (TPSA) is 84.9 Å². The molecule has 0 saturated heterocycles. The van der Waals surface area contributed by atoms with E-state index in [1.54, 1.807) is 18.2 Å². The maximum absolute atomic E-state index is 12.3. The summed E-state index contributed by atoms with van der Waals surface area (Å²) in [7, 11) is 0. The highest BCUT2D eigenvalue weighted by molar-refractivity contribution is 5.91. The Bertz CT molecular complexity index is 859. The molecule has 0 aliphatic carbocycles. The second-order valence-electron chi connectivity index (χ2n) is 7.16. The summed E-state index contributed by atoms with van der Waals surface area (Å²) < 4.78 is 11.2. The molecule has 1 aliphatic heterocycles. The summed E-state index contributed by atoms with van der Waals surface area (Å²) in [4.78, 5) is 23.6. The van der Waals surface area contributed by atoms with E-state index in [0.29, 0.717) is 31.1 Å². The third-order valence-electron chi connectivity index (χ3n) is 4.65. The van der Waals surface area contributed by atoms with Gasteiger partial charge in [-0.2, -0.15) is 0 Å². The number of rotatable bonds is 6. The van der Waals surface area contributed by atoms with Gasteiger partial charge < -0.3 is 19.9 Å². The summed E-state index contributed by atoms with van der Waals surface area (Å²) in [6, 6.07) is 12.3. The Morgan fingerprint density at radius 3 is 2.52 bits per heavy atom. The molecule has 6 heteroatoms. The smallest absolute Gasteiger partial charge is 0.335 e. The zero-order valence-corrected chi connectivity index (χ0v) is 15.5. The average molecular weight is 369 g/mol. The molecule has 0 bridgehead atoms. The standard InChI is InChI=1S/C21H23NO5/c1-21(2,15-7-8-17-18(12-15)27-10-9-26-17)13-22-19(23)11-14-5-3-4-6-16(14)20(24)25/h3-8,12H,9-11,13H2,1-2H3,(H,22,23)(H,24,25). The van der Waals surface area contributed by atoms with Crippen molar-refractivity contribution < 1.29 is 24.2 Å². The molecule has 0 fully saturated rings. The molecule has 2 aromatic rings. The first kappa shape index (κ1) is 18.8. The SMILES string of the molecule is CC(C)(CNC(=O)Cc1ccccc1C(=O)O)c1ccc2c(c1)OCCO2. The van der Waals surface area contributed by atoms with Gasteiger partial charge in [-0.25, -0.2) is 4.79 Å². The van der Waals surface area contributed by atoms with Gasteiger partial charge in [0, 0.05) is 12.0 Å². The van der Waals surface area contributed by atoms with Crippen LogP contribution in [0.5, 0.6) is 11.5 Å². The van der Waals surface area contributed by atoms with Crippen LogP contribution in [-0.2, 0) is 16.6 Å². The van der Waals surface area contributed by atoms with Crippen LogP contribution in [0.25, 0.3) is 0 Å². The van der Waals surface area contributed by atoms with Crippen LogP contribution in [0.1, 0.15) is 35.3 Å². The van der Waals surface area contributed by atoms with E-state index in [4.69, 9.17) is 9.47 Å². The van der Waals surface area contributed by atoms with Gasteiger partial charge in [0.1, 0.15) is 13.2 Å². The number of hydrogen-bond donors (Lipinski definition) is 2. The number of amides is 1. The molecule has 3 rings (SSSR count). The van der Waals surface area contributed by atoms with Crippen LogP contribution in [-0.4, -0.2) is 36.7 Å². The third-order valence-corrected chi connectivity index (χ3v) is 4.65. The largest absolute Gasteiger partial charge is 0.486 e. The number of ether oxygens (including phenoxy) is 2. The number of aromatic carboxylic acids is 1. The average Bonchev–Trinajstić information content (AvgIpc) is 2.66.